The Morgan fingerprint density at radius 2 is 1.75 bits per heavy atom. The lowest BCUT2D eigenvalue weighted by molar-refractivity contribution is 0.475. The highest BCUT2D eigenvalue weighted by molar-refractivity contribution is 5.48. The van der Waals surface area contributed by atoms with Crippen molar-refractivity contribution >= 4 is 5.69 Å². The molecule has 106 valence electrons. The molecule has 0 fully saturated rings. The van der Waals surface area contributed by atoms with E-state index in [1.807, 2.05) is 31.3 Å². The third-order valence-corrected chi connectivity index (χ3v) is 3.65. The fourth-order valence-electron chi connectivity index (χ4n) is 2.33. The van der Waals surface area contributed by atoms with E-state index in [9.17, 15) is 5.11 Å². The van der Waals surface area contributed by atoms with E-state index < -0.39 is 0 Å². The number of nitrogens with zero attached hydrogens (tertiary/aromatic N) is 1. The van der Waals surface area contributed by atoms with Gasteiger partial charge < -0.3 is 15.7 Å². The van der Waals surface area contributed by atoms with Gasteiger partial charge in [0.25, 0.3) is 0 Å². The first-order chi connectivity index (χ1) is 9.58. The molecule has 3 heteroatoms. The quantitative estimate of drug-likeness (QED) is 0.877. The number of hydrogen-bond acceptors (Lipinski definition) is 3. The summed E-state index contributed by atoms with van der Waals surface area (Å²) in [5, 5.41) is 9.30. The van der Waals surface area contributed by atoms with Crippen molar-refractivity contribution < 1.29 is 5.11 Å². The summed E-state index contributed by atoms with van der Waals surface area (Å²) >= 11 is 0. The number of phenols is 1. The molecule has 0 bridgehead atoms. The molecule has 0 amide bonds. The van der Waals surface area contributed by atoms with Gasteiger partial charge in [0.05, 0.1) is 0 Å². The summed E-state index contributed by atoms with van der Waals surface area (Å²) in [4.78, 5) is 2.15. The zero-order chi connectivity index (χ0) is 14.5. The Labute approximate surface area is 120 Å². The molecule has 0 radical (unpaired) electrons. The summed E-state index contributed by atoms with van der Waals surface area (Å²) in [5.41, 5.74) is 9.82. The van der Waals surface area contributed by atoms with Crippen LogP contribution in [0.2, 0.25) is 0 Å². The van der Waals surface area contributed by atoms with Crippen LogP contribution in [0, 0.1) is 6.92 Å². The van der Waals surface area contributed by atoms with Crippen molar-refractivity contribution in [3.05, 3.63) is 59.7 Å². The lowest BCUT2D eigenvalue weighted by atomic mass is 9.99. The summed E-state index contributed by atoms with van der Waals surface area (Å²) < 4.78 is 0. The van der Waals surface area contributed by atoms with Crippen LogP contribution in [0.4, 0.5) is 5.69 Å². The van der Waals surface area contributed by atoms with Gasteiger partial charge in [0.1, 0.15) is 5.75 Å². The van der Waals surface area contributed by atoms with Gasteiger partial charge in [-0.2, -0.15) is 0 Å². The highest BCUT2D eigenvalue weighted by Crippen LogP contribution is 2.21. The smallest absolute Gasteiger partial charge is 0.115 e. The number of phenolic OH excluding ortho intramolecular Hbond substituents is 1. The van der Waals surface area contributed by atoms with E-state index in [0.717, 1.165) is 18.7 Å². The zero-order valence-electron chi connectivity index (χ0n) is 12.1. The summed E-state index contributed by atoms with van der Waals surface area (Å²) in [7, 11) is 2.04. The minimum Gasteiger partial charge on any atom is -0.508 e. The van der Waals surface area contributed by atoms with E-state index in [1.54, 1.807) is 12.1 Å². The molecule has 3 N–H and O–H groups in total. The predicted octanol–water partition coefficient (Wildman–Crippen LogP) is 3.23. The van der Waals surface area contributed by atoms with Crippen LogP contribution in [0.25, 0.3) is 0 Å². The largest absolute Gasteiger partial charge is 0.508 e. The number of aryl methyl sites for hydroxylation is 1. The molecule has 2 aromatic carbocycles. The van der Waals surface area contributed by atoms with E-state index in [0.29, 0.717) is 5.75 Å². The third-order valence-electron chi connectivity index (χ3n) is 3.65. The topological polar surface area (TPSA) is 49.5 Å². The van der Waals surface area contributed by atoms with Crippen LogP contribution in [-0.4, -0.2) is 18.7 Å². The minimum absolute atomic E-state index is 0.0516. The molecule has 2 aromatic rings. The Balaban J connectivity index is 1.95. The molecule has 20 heavy (non-hydrogen) atoms. The van der Waals surface area contributed by atoms with Crippen LogP contribution in [0.3, 0.4) is 0 Å². The van der Waals surface area contributed by atoms with E-state index in [4.69, 9.17) is 5.73 Å². The second-order valence-electron chi connectivity index (χ2n) is 5.19. The minimum atomic E-state index is 0.0516. The van der Waals surface area contributed by atoms with Crippen molar-refractivity contribution in [2.24, 2.45) is 5.73 Å². The first-order valence-electron chi connectivity index (χ1n) is 6.89. The van der Waals surface area contributed by atoms with Crippen molar-refractivity contribution in [2.45, 2.75) is 19.4 Å². The van der Waals surface area contributed by atoms with Gasteiger partial charge >= 0.3 is 0 Å². The molecular weight excluding hydrogens is 248 g/mol. The van der Waals surface area contributed by atoms with Gasteiger partial charge in [0, 0.05) is 25.3 Å². The maximum Gasteiger partial charge on any atom is 0.115 e. The van der Waals surface area contributed by atoms with Crippen LogP contribution >= 0.6 is 0 Å². The molecule has 1 unspecified atom stereocenters. The van der Waals surface area contributed by atoms with Gasteiger partial charge in [-0.15, -0.1) is 0 Å². The van der Waals surface area contributed by atoms with Gasteiger partial charge in [-0.1, -0.05) is 24.3 Å². The Bertz CT molecular complexity index is 551. The van der Waals surface area contributed by atoms with Crippen LogP contribution in [0.15, 0.2) is 48.5 Å². The first-order valence-corrected chi connectivity index (χ1v) is 6.89. The highest BCUT2D eigenvalue weighted by Gasteiger charge is 2.10. The molecule has 0 saturated carbocycles. The average Bonchev–Trinajstić information content (AvgIpc) is 2.45. The zero-order valence-corrected chi connectivity index (χ0v) is 12.1. The average molecular weight is 270 g/mol. The van der Waals surface area contributed by atoms with Gasteiger partial charge in [0.15, 0.2) is 0 Å². The van der Waals surface area contributed by atoms with Crippen LogP contribution in [0.1, 0.15) is 23.6 Å². The molecule has 0 heterocycles. The summed E-state index contributed by atoms with van der Waals surface area (Å²) in [6, 6.07) is 15.5. The van der Waals surface area contributed by atoms with E-state index >= 15 is 0 Å². The molecular formula is C17H22N2O. The van der Waals surface area contributed by atoms with Gasteiger partial charge in [-0.25, -0.2) is 0 Å². The monoisotopic (exact) mass is 270 g/mol. The second-order valence-corrected chi connectivity index (χ2v) is 5.19. The van der Waals surface area contributed by atoms with Gasteiger partial charge in [-0.3, -0.25) is 0 Å². The van der Waals surface area contributed by atoms with Crippen molar-refractivity contribution in [3.8, 4) is 5.75 Å². The van der Waals surface area contributed by atoms with E-state index in [2.05, 4.69) is 24.0 Å². The normalized spacial score (nSPS) is 12.2. The third kappa shape index (κ3) is 3.52. The molecule has 0 aliphatic carbocycles. The second kappa shape index (κ2) is 6.44. The fraction of sp³-hybridized carbons (Fsp3) is 0.294. The van der Waals surface area contributed by atoms with Crippen LogP contribution in [-0.2, 0) is 0 Å². The van der Waals surface area contributed by atoms with E-state index in [1.165, 1.54) is 11.1 Å². The number of benzene rings is 2. The number of nitrogens with two attached hydrogens (primary N) is 1. The molecule has 0 saturated heterocycles. The Morgan fingerprint density at radius 3 is 2.40 bits per heavy atom. The molecule has 1 atom stereocenters. The Morgan fingerprint density at radius 1 is 1.10 bits per heavy atom. The van der Waals surface area contributed by atoms with Crippen molar-refractivity contribution in [1.82, 2.24) is 0 Å². The fourth-order valence-corrected chi connectivity index (χ4v) is 2.33. The summed E-state index contributed by atoms with van der Waals surface area (Å²) in [5.74, 6) is 0.291. The molecule has 0 aliphatic heterocycles. The Hall–Kier alpha value is -2.00. The number of anilines is 1. The summed E-state index contributed by atoms with van der Waals surface area (Å²) in [6.45, 7) is 2.97. The molecule has 2 rings (SSSR count). The molecule has 0 spiro atoms. The maximum atomic E-state index is 9.30. The number of hydrogen-bond donors (Lipinski definition) is 2. The van der Waals surface area contributed by atoms with E-state index in [-0.39, 0.29) is 6.04 Å². The SMILES string of the molecule is Cc1ccccc1C(N)CCN(C)c1ccc(O)cc1. The van der Waals surface area contributed by atoms with Crippen molar-refractivity contribution in [1.29, 1.82) is 0 Å². The lowest BCUT2D eigenvalue weighted by Crippen LogP contribution is -2.23. The number of aromatic hydroxyl groups is 1. The number of rotatable bonds is 5. The van der Waals surface area contributed by atoms with Crippen LogP contribution in [0.5, 0.6) is 5.75 Å². The first kappa shape index (κ1) is 14.4. The van der Waals surface area contributed by atoms with Crippen LogP contribution < -0.4 is 10.6 Å². The highest BCUT2D eigenvalue weighted by atomic mass is 16.3. The lowest BCUT2D eigenvalue weighted by Gasteiger charge is -2.22. The van der Waals surface area contributed by atoms with Gasteiger partial charge in [-0.05, 0) is 48.7 Å². The van der Waals surface area contributed by atoms with Crippen molar-refractivity contribution in [3.63, 3.8) is 0 Å². The van der Waals surface area contributed by atoms with Crippen molar-refractivity contribution in [2.75, 3.05) is 18.5 Å². The standard InChI is InChI=1S/C17H22N2O/c1-13-5-3-4-6-16(13)17(18)11-12-19(2)14-7-9-15(20)10-8-14/h3-10,17,20H,11-12,18H2,1-2H3. The molecule has 0 aliphatic rings. The van der Waals surface area contributed by atoms with Gasteiger partial charge in [0.2, 0.25) is 0 Å². The molecule has 0 aromatic heterocycles. The maximum absolute atomic E-state index is 9.30. The predicted molar refractivity (Wildman–Crippen MR) is 84.1 cm³/mol. The summed E-state index contributed by atoms with van der Waals surface area (Å²) in [6.07, 6.45) is 0.891. The molecule has 3 nitrogen and oxygen atoms in total. The Kier molecular flexibility index (Phi) is 4.64.